The lowest BCUT2D eigenvalue weighted by Gasteiger charge is -2.22. The van der Waals surface area contributed by atoms with E-state index >= 15 is 0 Å². The molecule has 5 heteroatoms. The molecule has 0 aliphatic rings. The first-order valence-electron chi connectivity index (χ1n) is 16.8. The van der Waals surface area contributed by atoms with E-state index in [1.807, 2.05) is 41.3 Å². The largest absolute Gasteiger partial charge is 0.457 e. The molecule has 0 bridgehead atoms. The van der Waals surface area contributed by atoms with Crippen LogP contribution in [0.25, 0.3) is 44.4 Å². The third-order valence-corrected chi connectivity index (χ3v) is 9.60. The molecule has 3 aromatic heterocycles. The molecular weight excluding hydrogens is 576 g/mol. The van der Waals surface area contributed by atoms with E-state index < -0.39 is 0 Å². The first kappa shape index (κ1) is 30.5. The van der Waals surface area contributed by atoms with Crippen molar-refractivity contribution in [1.82, 2.24) is 19.3 Å². The van der Waals surface area contributed by atoms with Gasteiger partial charge in [0.05, 0.1) is 22.9 Å². The fourth-order valence-electron chi connectivity index (χ4n) is 7.09. The maximum absolute atomic E-state index is 6.52. The molecule has 0 saturated heterocycles. The Morgan fingerprint density at radius 1 is 0.681 bits per heavy atom. The second-order valence-corrected chi connectivity index (χ2v) is 12.7. The average Bonchev–Trinajstić information content (AvgIpc) is 3.69. The van der Waals surface area contributed by atoms with E-state index in [9.17, 15) is 0 Å². The third-order valence-electron chi connectivity index (χ3n) is 9.60. The minimum atomic E-state index is 0.760. The topological polar surface area (TPSA) is 44.9 Å². The van der Waals surface area contributed by atoms with Gasteiger partial charge in [-0.15, -0.1) is 0 Å². The molecule has 7 aromatic rings. The van der Waals surface area contributed by atoms with Crippen LogP contribution in [0.1, 0.15) is 60.1 Å². The van der Waals surface area contributed by atoms with Crippen molar-refractivity contribution in [2.75, 3.05) is 0 Å². The summed E-state index contributed by atoms with van der Waals surface area (Å²) >= 11 is 0. The molecule has 0 spiro atoms. The molecule has 0 saturated carbocycles. The molecule has 0 N–H and O–H groups in total. The highest BCUT2D eigenvalue weighted by atomic mass is 16.5. The highest BCUT2D eigenvalue weighted by Crippen LogP contribution is 2.38. The lowest BCUT2D eigenvalue weighted by atomic mass is 9.83. The van der Waals surface area contributed by atoms with Crippen LogP contribution in [-0.4, -0.2) is 19.3 Å². The Bertz CT molecular complexity index is 2220. The molecule has 0 aliphatic heterocycles. The Morgan fingerprint density at radius 2 is 1.40 bits per heavy atom. The SMILES string of the molecule is CCCc1c(C)c(C)c(C)c(CCC)c1-c1cnn(-c2cccc(Oc3ccc4c5ccccc5n(-c5cc(C)ccn5)c4c3)c2)c1. The fourth-order valence-corrected chi connectivity index (χ4v) is 7.09. The van der Waals surface area contributed by atoms with Gasteiger partial charge < -0.3 is 4.74 Å². The van der Waals surface area contributed by atoms with Crippen LogP contribution < -0.4 is 4.74 Å². The first-order valence-corrected chi connectivity index (χ1v) is 16.8. The number of hydrogen-bond acceptors (Lipinski definition) is 3. The van der Waals surface area contributed by atoms with Crippen LogP contribution in [0.2, 0.25) is 0 Å². The molecule has 0 unspecified atom stereocenters. The average molecular weight is 619 g/mol. The van der Waals surface area contributed by atoms with E-state index in [-0.39, 0.29) is 0 Å². The molecule has 4 aromatic carbocycles. The van der Waals surface area contributed by atoms with Crippen LogP contribution in [-0.2, 0) is 12.8 Å². The fraction of sp³-hybridized carbons (Fsp3) is 0.238. The molecule has 0 amide bonds. The van der Waals surface area contributed by atoms with Gasteiger partial charge in [-0.2, -0.15) is 5.10 Å². The minimum absolute atomic E-state index is 0.760. The van der Waals surface area contributed by atoms with E-state index in [1.165, 1.54) is 55.3 Å². The molecule has 5 nitrogen and oxygen atoms in total. The quantitative estimate of drug-likeness (QED) is 0.162. The molecule has 3 heterocycles. The molecule has 47 heavy (non-hydrogen) atoms. The third kappa shape index (κ3) is 5.50. The molecule has 0 atom stereocenters. The zero-order chi connectivity index (χ0) is 32.7. The van der Waals surface area contributed by atoms with Crippen LogP contribution in [0.3, 0.4) is 0 Å². The van der Waals surface area contributed by atoms with Crippen molar-refractivity contribution >= 4 is 21.8 Å². The number of ether oxygens (including phenoxy) is 1. The molecular formula is C42H42N4O. The number of benzene rings is 4. The lowest BCUT2D eigenvalue weighted by Crippen LogP contribution is -2.05. The zero-order valence-electron chi connectivity index (χ0n) is 28.3. The minimum Gasteiger partial charge on any atom is -0.457 e. The number of para-hydroxylation sites is 1. The number of aromatic nitrogens is 4. The van der Waals surface area contributed by atoms with Gasteiger partial charge in [0.2, 0.25) is 0 Å². The van der Waals surface area contributed by atoms with Crippen molar-refractivity contribution < 1.29 is 4.74 Å². The van der Waals surface area contributed by atoms with Crippen LogP contribution in [0, 0.1) is 27.7 Å². The lowest BCUT2D eigenvalue weighted by molar-refractivity contribution is 0.483. The Hall–Kier alpha value is -5.16. The van der Waals surface area contributed by atoms with Gasteiger partial charge >= 0.3 is 0 Å². The van der Waals surface area contributed by atoms with Gasteiger partial charge in [0.15, 0.2) is 0 Å². The Labute approximate surface area is 277 Å². The summed E-state index contributed by atoms with van der Waals surface area (Å²) < 4.78 is 10.7. The van der Waals surface area contributed by atoms with Gasteiger partial charge in [-0.25, -0.2) is 9.67 Å². The summed E-state index contributed by atoms with van der Waals surface area (Å²) in [5.41, 5.74) is 14.0. The summed E-state index contributed by atoms with van der Waals surface area (Å²) in [7, 11) is 0. The van der Waals surface area contributed by atoms with Gasteiger partial charge in [0, 0.05) is 40.9 Å². The standard InChI is InChI=1S/C42H42N4O/c1-7-12-35-29(5)28(4)30(6)36(13-8-2)42(35)31-25-44-45(26-31)32-14-11-15-33(23-32)47-34-18-19-38-37-16-9-10-17-39(37)46(40(38)24-34)41-22-27(3)20-21-43-41/h9-11,14-26H,7-8,12-13H2,1-6H3. The highest BCUT2D eigenvalue weighted by molar-refractivity contribution is 6.09. The molecule has 7 rings (SSSR count). The Morgan fingerprint density at radius 3 is 2.15 bits per heavy atom. The van der Waals surface area contributed by atoms with Gasteiger partial charge in [-0.05, 0) is 122 Å². The number of aryl methyl sites for hydroxylation is 1. The van der Waals surface area contributed by atoms with Gasteiger partial charge in [-0.1, -0.05) is 51.0 Å². The normalized spacial score (nSPS) is 11.5. The van der Waals surface area contributed by atoms with E-state index in [1.54, 1.807) is 0 Å². The van der Waals surface area contributed by atoms with E-state index in [0.717, 1.165) is 59.7 Å². The highest BCUT2D eigenvalue weighted by Gasteiger charge is 2.20. The van der Waals surface area contributed by atoms with Crippen LogP contribution in [0.4, 0.5) is 0 Å². The second-order valence-electron chi connectivity index (χ2n) is 12.7. The summed E-state index contributed by atoms with van der Waals surface area (Å²) in [4.78, 5) is 4.72. The van der Waals surface area contributed by atoms with E-state index in [2.05, 4.69) is 107 Å². The van der Waals surface area contributed by atoms with Gasteiger partial charge in [0.25, 0.3) is 0 Å². The summed E-state index contributed by atoms with van der Waals surface area (Å²) in [6.07, 6.45) is 10.4. The van der Waals surface area contributed by atoms with E-state index in [0.29, 0.717) is 0 Å². The number of rotatable bonds is 9. The predicted octanol–water partition coefficient (Wildman–Crippen LogP) is 11.0. The van der Waals surface area contributed by atoms with Crippen molar-refractivity contribution in [2.24, 2.45) is 0 Å². The number of nitrogens with zero attached hydrogens (tertiary/aromatic N) is 4. The summed E-state index contributed by atoms with van der Waals surface area (Å²) in [6.45, 7) is 13.5. The second kappa shape index (κ2) is 12.6. The smallest absolute Gasteiger partial charge is 0.137 e. The maximum Gasteiger partial charge on any atom is 0.137 e. The first-order chi connectivity index (χ1) is 22.9. The number of hydrogen-bond donors (Lipinski definition) is 0. The van der Waals surface area contributed by atoms with Crippen molar-refractivity contribution in [2.45, 2.75) is 67.2 Å². The van der Waals surface area contributed by atoms with Crippen LogP contribution >= 0.6 is 0 Å². The maximum atomic E-state index is 6.52. The summed E-state index contributed by atoms with van der Waals surface area (Å²) in [5, 5.41) is 7.22. The molecule has 0 fully saturated rings. The van der Waals surface area contributed by atoms with Crippen molar-refractivity contribution in [3.8, 4) is 34.1 Å². The molecule has 0 radical (unpaired) electrons. The van der Waals surface area contributed by atoms with Crippen LogP contribution in [0.5, 0.6) is 11.5 Å². The van der Waals surface area contributed by atoms with Crippen molar-refractivity contribution in [3.05, 3.63) is 131 Å². The monoisotopic (exact) mass is 618 g/mol. The predicted molar refractivity (Wildman–Crippen MR) is 195 cm³/mol. The van der Waals surface area contributed by atoms with Crippen molar-refractivity contribution in [1.29, 1.82) is 0 Å². The van der Waals surface area contributed by atoms with Gasteiger partial charge in [0.1, 0.15) is 17.3 Å². The molecule has 236 valence electrons. The van der Waals surface area contributed by atoms with Crippen molar-refractivity contribution in [3.63, 3.8) is 0 Å². The molecule has 0 aliphatic carbocycles. The zero-order valence-corrected chi connectivity index (χ0v) is 28.3. The van der Waals surface area contributed by atoms with Gasteiger partial charge in [-0.3, -0.25) is 4.57 Å². The summed E-state index contributed by atoms with van der Waals surface area (Å²) in [5.74, 6) is 2.43. The Kier molecular flexibility index (Phi) is 8.15. The Balaban J connectivity index is 1.25. The number of fused-ring (bicyclic) bond motifs is 3. The summed E-state index contributed by atoms with van der Waals surface area (Å²) in [6, 6.07) is 27.1. The van der Waals surface area contributed by atoms with E-state index in [4.69, 9.17) is 14.8 Å². The van der Waals surface area contributed by atoms with Crippen LogP contribution in [0.15, 0.2) is 97.5 Å². The number of pyridine rings is 1.